The van der Waals surface area contributed by atoms with Crippen molar-refractivity contribution in [2.24, 2.45) is 0 Å². The molecule has 0 spiro atoms. The van der Waals surface area contributed by atoms with Gasteiger partial charge in [0.05, 0.1) is 11.5 Å². The van der Waals surface area contributed by atoms with E-state index in [0.29, 0.717) is 17.1 Å². The fourth-order valence-corrected chi connectivity index (χ4v) is 4.20. The first-order valence-electron chi connectivity index (χ1n) is 12.4. The summed E-state index contributed by atoms with van der Waals surface area (Å²) >= 11 is 0. The van der Waals surface area contributed by atoms with E-state index in [9.17, 15) is 13.2 Å². The molecule has 0 aliphatic heterocycles. The summed E-state index contributed by atoms with van der Waals surface area (Å²) in [5.41, 5.74) is 1.65. The largest absolute Gasteiger partial charge is 2.00 e. The molecule has 0 N–H and O–H groups in total. The zero-order valence-electron chi connectivity index (χ0n) is 22.6. The molecule has 0 atom stereocenters. The maximum absolute atomic E-state index is 13.0. The van der Waals surface area contributed by atoms with E-state index >= 15 is 0 Å². The summed E-state index contributed by atoms with van der Waals surface area (Å²) in [7, 11) is 0. The van der Waals surface area contributed by atoms with Gasteiger partial charge in [0.2, 0.25) is 0 Å². The van der Waals surface area contributed by atoms with Gasteiger partial charge in [0.25, 0.3) is 0 Å². The Hall–Kier alpha value is -3.58. The van der Waals surface area contributed by atoms with Crippen molar-refractivity contribution in [3.8, 4) is 22.9 Å². The molecule has 0 radical (unpaired) electrons. The standard InChI is InChI=1S/C30H27F3N6.Pt/c1-28(2,3)27-35-22(19-38(27)20-11-7-6-8-12-20)21-13-9-14-23(34-21)29(4,5)24-15-10-16-26(36-24)39-18-17-25(37-39)30(31,32)33;/h6-17H,1-5H3;/q-2;+2. The van der Waals surface area contributed by atoms with Gasteiger partial charge in [-0.05, 0) is 43.3 Å². The first-order valence-corrected chi connectivity index (χ1v) is 12.4. The predicted molar refractivity (Wildman–Crippen MR) is 142 cm³/mol. The molecule has 0 aliphatic carbocycles. The Kier molecular flexibility index (Phi) is 7.92. The first-order chi connectivity index (χ1) is 18.3. The van der Waals surface area contributed by atoms with Gasteiger partial charge >= 0.3 is 27.2 Å². The molecule has 6 nitrogen and oxygen atoms in total. The molecule has 0 amide bonds. The molecule has 5 aromatic rings. The fourth-order valence-electron chi connectivity index (χ4n) is 4.20. The number of hydrogen-bond acceptors (Lipinski definition) is 4. The van der Waals surface area contributed by atoms with E-state index < -0.39 is 17.3 Å². The number of hydrogen-bond donors (Lipinski definition) is 0. The quantitative estimate of drug-likeness (QED) is 0.188. The van der Waals surface area contributed by atoms with Crippen molar-refractivity contribution in [2.75, 3.05) is 0 Å². The summed E-state index contributed by atoms with van der Waals surface area (Å²) < 4.78 is 42.1. The minimum Gasteiger partial charge on any atom is -0.423 e. The van der Waals surface area contributed by atoms with Gasteiger partial charge in [-0.15, -0.1) is 6.07 Å². The van der Waals surface area contributed by atoms with Crippen LogP contribution in [0.25, 0.3) is 22.9 Å². The average Bonchev–Trinajstić information content (AvgIpc) is 3.58. The van der Waals surface area contributed by atoms with Crippen molar-refractivity contribution in [1.82, 2.24) is 29.3 Å². The van der Waals surface area contributed by atoms with E-state index in [0.717, 1.165) is 28.0 Å². The van der Waals surface area contributed by atoms with Crippen LogP contribution in [0.4, 0.5) is 13.2 Å². The fraction of sp³-hybridized carbons (Fsp3) is 0.267. The van der Waals surface area contributed by atoms with Crippen LogP contribution in [0.3, 0.4) is 0 Å². The van der Waals surface area contributed by atoms with E-state index in [1.54, 1.807) is 12.1 Å². The summed E-state index contributed by atoms with van der Waals surface area (Å²) in [4.78, 5) is 14.5. The predicted octanol–water partition coefficient (Wildman–Crippen LogP) is 6.76. The summed E-state index contributed by atoms with van der Waals surface area (Å²) in [5, 5.41) is 3.60. The Morgan fingerprint density at radius 2 is 1.38 bits per heavy atom. The molecular formula is C30H27F3N6Pt. The maximum Gasteiger partial charge on any atom is 2.00 e. The molecule has 0 saturated carbocycles. The number of halogens is 3. The van der Waals surface area contributed by atoms with Gasteiger partial charge in [0.15, 0.2) is 0 Å². The second-order valence-electron chi connectivity index (χ2n) is 10.8. The Morgan fingerprint density at radius 3 is 2.00 bits per heavy atom. The van der Waals surface area contributed by atoms with E-state index in [1.807, 2.05) is 73.0 Å². The Labute approximate surface area is 245 Å². The van der Waals surface area contributed by atoms with Crippen LogP contribution in [0, 0.1) is 12.4 Å². The topological polar surface area (TPSA) is 61.4 Å². The number of rotatable bonds is 5. The van der Waals surface area contributed by atoms with Gasteiger partial charge in [0, 0.05) is 34.0 Å². The van der Waals surface area contributed by atoms with E-state index in [-0.39, 0.29) is 32.3 Å². The number of para-hydroxylation sites is 1. The maximum atomic E-state index is 13.0. The number of alkyl halides is 3. The zero-order valence-corrected chi connectivity index (χ0v) is 24.8. The van der Waals surface area contributed by atoms with Crippen molar-refractivity contribution in [1.29, 1.82) is 0 Å². The van der Waals surface area contributed by atoms with Crippen molar-refractivity contribution in [3.63, 3.8) is 0 Å². The molecule has 0 unspecified atom stereocenters. The number of imidazole rings is 1. The number of aromatic nitrogens is 6. The molecule has 4 aromatic heterocycles. The third-order valence-electron chi connectivity index (χ3n) is 6.38. The van der Waals surface area contributed by atoms with Gasteiger partial charge < -0.3 is 9.25 Å². The summed E-state index contributed by atoms with van der Waals surface area (Å²) in [6, 6.07) is 21.6. The Balaban J connectivity index is 0.00000370. The van der Waals surface area contributed by atoms with Gasteiger partial charge in [-0.3, -0.25) is 20.1 Å². The zero-order chi connectivity index (χ0) is 28.0. The second-order valence-corrected chi connectivity index (χ2v) is 10.8. The van der Waals surface area contributed by atoms with Crippen LogP contribution < -0.4 is 0 Å². The Bertz CT molecular complexity index is 1610. The molecule has 0 fully saturated rings. The summed E-state index contributed by atoms with van der Waals surface area (Å²) in [6.07, 6.45) is 1.35. The SMILES string of the molecule is CC(C)(C)c1nc(-c2cccc(C(C)(C)c3cccc(-n4[c-]cc(C(F)(F)F)n4)n3)n2)[c-]n1-c1ccccc1.[Pt+2]. The van der Waals surface area contributed by atoms with E-state index in [4.69, 9.17) is 9.97 Å². The molecule has 5 rings (SSSR count). The minimum absolute atomic E-state index is 0. The molecule has 10 heteroatoms. The smallest absolute Gasteiger partial charge is 0.423 e. The molecule has 0 saturated heterocycles. The minimum atomic E-state index is -4.56. The van der Waals surface area contributed by atoms with Crippen LogP contribution >= 0.6 is 0 Å². The van der Waals surface area contributed by atoms with Crippen LogP contribution in [-0.4, -0.2) is 29.3 Å². The number of benzene rings is 1. The number of nitrogens with zero attached hydrogens (tertiary/aromatic N) is 6. The molecule has 208 valence electrons. The van der Waals surface area contributed by atoms with Gasteiger partial charge in [-0.25, -0.2) is 0 Å². The summed E-state index contributed by atoms with van der Waals surface area (Å²) in [5.74, 6) is 1.09. The van der Waals surface area contributed by atoms with Crippen LogP contribution in [0.1, 0.15) is 57.5 Å². The normalized spacial score (nSPS) is 12.3. The molecular weight excluding hydrogens is 696 g/mol. The van der Waals surface area contributed by atoms with Crippen LogP contribution in [0.2, 0.25) is 0 Å². The monoisotopic (exact) mass is 723 g/mol. The first kappa shape index (κ1) is 29.4. The van der Waals surface area contributed by atoms with Crippen molar-refractivity contribution < 1.29 is 34.2 Å². The average molecular weight is 724 g/mol. The third-order valence-corrected chi connectivity index (χ3v) is 6.38. The number of pyridine rings is 2. The second kappa shape index (κ2) is 10.8. The molecule has 0 bridgehead atoms. The van der Waals surface area contributed by atoms with Crippen LogP contribution in [0.5, 0.6) is 0 Å². The molecule has 1 aromatic carbocycles. The van der Waals surface area contributed by atoms with Gasteiger partial charge in [-0.2, -0.15) is 13.2 Å². The van der Waals surface area contributed by atoms with Crippen molar-refractivity contribution >= 4 is 0 Å². The van der Waals surface area contributed by atoms with Crippen molar-refractivity contribution in [2.45, 2.75) is 51.6 Å². The third kappa shape index (κ3) is 5.80. The van der Waals surface area contributed by atoms with Crippen LogP contribution in [0.15, 0.2) is 72.8 Å². The molecule has 0 aliphatic rings. The molecule has 4 heterocycles. The molecule has 40 heavy (non-hydrogen) atoms. The van der Waals surface area contributed by atoms with E-state index in [2.05, 4.69) is 43.2 Å². The van der Waals surface area contributed by atoms with Gasteiger partial charge in [-0.1, -0.05) is 81.6 Å². The summed E-state index contributed by atoms with van der Waals surface area (Å²) in [6.45, 7) is 10.2. The Morgan fingerprint density at radius 1 is 0.725 bits per heavy atom. The van der Waals surface area contributed by atoms with Crippen LogP contribution in [-0.2, 0) is 38.1 Å². The van der Waals surface area contributed by atoms with E-state index in [1.165, 1.54) is 0 Å². The van der Waals surface area contributed by atoms with Gasteiger partial charge in [0.1, 0.15) is 0 Å². The van der Waals surface area contributed by atoms with Crippen molar-refractivity contribution in [3.05, 3.63) is 108 Å².